The van der Waals surface area contributed by atoms with Crippen LogP contribution in [0.25, 0.3) is 0 Å². The van der Waals surface area contributed by atoms with E-state index in [0.717, 1.165) is 22.5 Å². The van der Waals surface area contributed by atoms with Gasteiger partial charge in [-0.15, -0.1) is 0 Å². The van der Waals surface area contributed by atoms with E-state index in [1.165, 1.54) is 13.8 Å². The van der Waals surface area contributed by atoms with Gasteiger partial charge in [0.2, 0.25) is 11.8 Å². The molecule has 0 aromatic heterocycles. The van der Waals surface area contributed by atoms with E-state index in [1.807, 2.05) is 86.6 Å². The van der Waals surface area contributed by atoms with Crippen LogP contribution in [0.15, 0.2) is 72.8 Å². The summed E-state index contributed by atoms with van der Waals surface area (Å²) in [5.74, 6) is -0.184. The predicted molar refractivity (Wildman–Crippen MR) is 114 cm³/mol. The van der Waals surface area contributed by atoms with E-state index in [4.69, 9.17) is 0 Å². The van der Waals surface area contributed by atoms with Gasteiger partial charge in [0, 0.05) is 25.2 Å². The molecule has 0 N–H and O–H groups in total. The number of anilines is 4. The van der Waals surface area contributed by atoms with Crippen molar-refractivity contribution >= 4 is 34.6 Å². The third kappa shape index (κ3) is 4.12. The van der Waals surface area contributed by atoms with Crippen LogP contribution in [0.4, 0.5) is 22.7 Å². The van der Waals surface area contributed by atoms with Crippen molar-refractivity contribution in [3.63, 3.8) is 0 Å². The van der Waals surface area contributed by atoms with Crippen LogP contribution in [0.3, 0.4) is 0 Å². The Bertz CT molecular complexity index is 913. The van der Waals surface area contributed by atoms with Crippen LogP contribution >= 0.6 is 0 Å². The Hall–Kier alpha value is -3.40. The second kappa shape index (κ2) is 8.09. The Balaban J connectivity index is 2.05. The molecule has 0 saturated carbocycles. The van der Waals surface area contributed by atoms with Crippen LogP contribution in [-0.2, 0) is 9.59 Å². The Morgan fingerprint density at radius 1 is 0.571 bits per heavy atom. The fourth-order valence-electron chi connectivity index (χ4n) is 3.18. The quantitative estimate of drug-likeness (QED) is 0.592. The summed E-state index contributed by atoms with van der Waals surface area (Å²) in [7, 11) is 0. The van der Waals surface area contributed by atoms with Crippen molar-refractivity contribution in [2.45, 2.75) is 27.7 Å². The number of carbonyl (C=O) groups is 2. The first kappa shape index (κ1) is 19.4. The lowest BCUT2D eigenvalue weighted by Crippen LogP contribution is -2.25. The van der Waals surface area contributed by atoms with Crippen molar-refractivity contribution in [2.24, 2.45) is 0 Å². The lowest BCUT2D eigenvalue weighted by Gasteiger charge is -2.25. The number of carbonyl (C=O) groups excluding carboxylic acids is 2. The fraction of sp³-hybridized carbons (Fsp3) is 0.167. The molecule has 0 aliphatic rings. The Labute approximate surface area is 166 Å². The minimum absolute atomic E-state index is 0.0919. The van der Waals surface area contributed by atoms with Crippen LogP contribution in [0.5, 0.6) is 0 Å². The number of hydrogen-bond donors (Lipinski definition) is 0. The molecule has 0 bridgehead atoms. The van der Waals surface area contributed by atoms with E-state index in [-0.39, 0.29) is 11.8 Å². The lowest BCUT2D eigenvalue weighted by atomic mass is 10.1. The van der Waals surface area contributed by atoms with Gasteiger partial charge in [-0.05, 0) is 56.3 Å². The molecule has 0 spiro atoms. The third-order valence-electron chi connectivity index (χ3n) is 4.56. The first-order valence-electron chi connectivity index (χ1n) is 9.21. The molecule has 0 aliphatic heterocycles. The molecule has 0 unspecified atom stereocenters. The highest BCUT2D eigenvalue weighted by Gasteiger charge is 2.18. The number of hydrogen-bond acceptors (Lipinski definition) is 2. The summed E-state index contributed by atoms with van der Waals surface area (Å²) in [5, 5.41) is 0. The molecule has 0 fully saturated rings. The summed E-state index contributed by atoms with van der Waals surface area (Å²) in [6.07, 6.45) is 0. The Morgan fingerprint density at radius 3 is 1.25 bits per heavy atom. The highest BCUT2D eigenvalue weighted by molar-refractivity contribution is 6.02. The van der Waals surface area contributed by atoms with Gasteiger partial charge in [-0.25, -0.2) is 0 Å². The van der Waals surface area contributed by atoms with Crippen LogP contribution in [0.2, 0.25) is 0 Å². The highest BCUT2D eigenvalue weighted by atomic mass is 16.2. The zero-order valence-electron chi connectivity index (χ0n) is 16.6. The average molecular weight is 372 g/mol. The summed E-state index contributed by atoms with van der Waals surface area (Å²) in [6.45, 7) is 7.09. The molecular weight excluding hydrogens is 348 g/mol. The van der Waals surface area contributed by atoms with Gasteiger partial charge in [0.05, 0.1) is 11.4 Å². The summed E-state index contributed by atoms with van der Waals surface area (Å²) < 4.78 is 0. The zero-order chi connectivity index (χ0) is 20.3. The van der Waals surface area contributed by atoms with Crippen LogP contribution in [0, 0.1) is 13.8 Å². The first-order valence-corrected chi connectivity index (χ1v) is 9.21. The predicted octanol–water partition coefficient (Wildman–Crippen LogP) is 5.67. The Kier molecular flexibility index (Phi) is 5.59. The van der Waals surface area contributed by atoms with E-state index in [0.29, 0.717) is 11.4 Å². The fourth-order valence-corrected chi connectivity index (χ4v) is 3.18. The molecule has 28 heavy (non-hydrogen) atoms. The van der Waals surface area contributed by atoms with Gasteiger partial charge in [0.1, 0.15) is 0 Å². The van der Waals surface area contributed by atoms with E-state index in [1.54, 1.807) is 9.80 Å². The summed E-state index contributed by atoms with van der Waals surface area (Å²) in [5.41, 5.74) is 5.27. The van der Waals surface area contributed by atoms with Gasteiger partial charge < -0.3 is 0 Å². The first-order chi connectivity index (χ1) is 13.4. The molecule has 0 atom stereocenters. The normalized spacial score (nSPS) is 10.4. The van der Waals surface area contributed by atoms with Gasteiger partial charge in [-0.2, -0.15) is 0 Å². The maximum absolute atomic E-state index is 12.4. The van der Waals surface area contributed by atoms with Gasteiger partial charge in [0.15, 0.2) is 0 Å². The number of rotatable bonds is 4. The topological polar surface area (TPSA) is 40.6 Å². The monoisotopic (exact) mass is 372 g/mol. The van der Waals surface area contributed by atoms with Crippen LogP contribution in [0.1, 0.15) is 25.0 Å². The van der Waals surface area contributed by atoms with E-state index >= 15 is 0 Å². The van der Waals surface area contributed by atoms with E-state index < -0.39 is 0 Å². The molecule has 3 aromatic carbocycles. The van der Waals surface area contributed by atoms with Crippen LogP contribution < -0.4 is 9.80 Å². The largest absolute Gasteiger partial charge is 0.281 e. The van der Waals surface area contributed by atoms with Crippen molar-refractivity contribution in [3.8, 4) is 0 Å². The maximum atomic E-state index is 12.4. The molecule has 4 nitrogen and oxygen atoms in total. The van der Waals surface area contributed by atoms with Crippen molar-refractivity contribution in [1.29, 1.82) is 0 Å². The molecular formula is C24H24N2O2. The Morgan fingerprint density at radius 2 is 0.929 bits per heavy atom. The van der Waals surface area contributed by atoms with E-state index in [2.05, 4.69) is 0 Å². The average Bonchev–Trinajstić information content (AvgIpc) is 2.65. The van der Waals surface area contributed by atoms with Gasteiger partial charge in [0.25, 0.3) is 0 Å². The second-order valence-electron chi connectivity index (χ2n) is 6.90. The van der Waals surface area contributed by atoms with Crippen molar-refractivity contribution in [2.75, 3.05) is 9.80 Å². The molecule has 0 aliphatic carbocycles. The van der Waals surface area contributed by atoms with Crippen molar-refractivity contribution < 1.29 is 9.59 Å². The van der Waals surface area contributed by atoms with Gasteiger partial charge in [-0.1, -0.05) is 41.5 Å². The highest BCUT2D eigenvalue weighted by Crippen LogP contribution is 2.32. The van der Waals surface area contributed by atoms with Crippen LogP contribution in [-0.4, -0.2) is 11.8 Å². The number of aryl methyl sites for hydroxylation is 2. The minimum Gasteiger partial charge on any atom is -0.281 e. The molecule has 4 heteroatoms. The minimum atomic E-state index is -0.0919. The van der Waals surface area contributed by atoms with E-state index in [9.17, 15) is 9.59 Å². The van der Waals surface area contributed by atoms with Crippen molar-refractivity contribution in [1.82, 2.24) is 0 Å². The number of nitrogens with zero attached hydrogens (tertiary/aromatic N) is 2. The molecule has 0 radical (unpaired) electrons. The van der Waals surface area contributed by atoms with Gasteiger partial charge >= 0.3 is 0 Å². The van der Waals surface area contributed by atoms with Crippen molar-refractivity contribution in [3.05, 3.63) is 83.9 Å². The SMILES string of the molecule is CC(=O)N(c1ccc(C)cc1)c1cccc(N(C(C)=O)c2ccc(C)cc2)c1. The molecule has 142 valence electrons. The maximum Gasteiger partial charge on any atom is 0.228 e. The zero-order valence-corrected chi connectivity index (χ0v) is 16.6. The summed E-state index contributed by atoms with van der Waals surface area (Å²) >= 11 is 0. The molecule has 2 amide bonds. The molecule has 0 heterocycles. The third-order valence-corrected chi connectivity index (χ3v) is 4.56. The lowest BCUT2D eigenvalue weighted by molar-refractivity contribution is -0.116. The molecule has 0 saturated heterocycles. The second-order valence-corrected chi connectivity index (χ2v) is 6.90. The number of amides is 2. The standard InChI is InChI=1S/C24H24N2O2/c1-17-8-12-21(13-9-17)25(19(3)27)23-6-5-7-24(16-23)26(20(4)28)22-14-10-18(2)11-15-22/h5-16H,1-4H3. The summed E-state index contributed by atoms with van der Waals surface area (Å²) in [6, 6.07) is 23.1. The summed E-state index contributed by atoms with van der Waals surface area (Å²) in [4.78, 5) is 28.1. The smallest absolute Gasteiger partial charge is 0.228 e. The molecule has 3 aromatic rings. The number of benzene rings is 3. The van der Waals surface area contributed by atoms with Gasteiger partial charge in [-0.3, -0.25) is 19.4 Å². The molecule has 3 rings (SSSR count).